The number of nitrogens with zero attached hydrogens (tertiary/aromatic N) is 3. The second-order valence-electron chi connectivity index (χ2n) is 8.45. The number of carbonyl (C=O) groups excluding carboxylic acids is 1. The molecule has 0 saturated heterocycles. The summed E-state index contributed by atoms with van der Waals surface area (Å²) in [6.07, 6.45) is 1.42. The summed E-state index contributed by atoms with van der Waals surface area (Å²) in [5.74, 6) is -11.6. The lowest BCUT2D eigenvalue weighted by Gasteiger charge is -2.22. The van der Waals surface area contributed by atoms with E-state index in [4.69, 9.17) is 4.74 Å². The molecular formula is C28H24F5N3O2. The summed E-state index contributed by atoms with van der Waals surface area (Å²) in [7, 11) is 0. The number of anilines is 2. The van der Waals surface area contributed by atoms with Gasteiger partial charge in [0.15, 0.2) is 23.3 Å². The average Bonchev–Trinajstić information content (AvgIpc) is 3.20. The van der Waals surface area contributed by atoms with Crippen LogP contribution in [0.2, 0.25) is 0 Å². The molecule has 0 saturated carbocycles. The maximum absolute atomic E-state index is 14.4. The molecule has 0 fully saturated rings. The lowest BCUT2D eigenvalue weighted by atomic mass is 10.1. The van der Waals surface area contributed by atoms with Crippen molar-refractivity contribution in [2.24, 2.45) is 5.10 Å². The minimum atomic E-state index is -2.32. The minimum absolute atomic E-state index is 0.0285. The Bertz CT molecular complexity index is 1410. The fourth-order valence-corrected chi connectivity index (χ4v) is 4.06. The van der Waals surface area contributed by atoms with Gasteiger partial charge in [0.25, 0.3) is 5.91 Å². The van der Waals surface area contributed by atoms with Crippen LogP contribution < -0.4 is 14.6 Å². The molecule has 1 aliphatic rings. The van der Waals surface area contributed by atoms with Gasteiger partial charge in [-0.25, -0.2) is 22.0 Å². The predicted octanol–water partition coefficient (Wildman–Crippen LogP) is 6.61. The molecular weight excluding hydrogens is 505 g/mol. The Morgan fingerprint density at radius 2 is 1.50 bits per heavy atom. The van der Waals surface area contributed by atoms with Gasteiger partial charge in [0.2, 0.25) is 5.82 Å². The molecule has 3 aromatic rings. The zero-order valence-electron chi connectivity index (χ0n) is 20.9. The molecule has 0 unspecified atom stereocenters. The van der Waals surface area contributed by atoms with Crippen LogP contribution in [0.3, 0.4) is 0 Å². The van der Waals surface area contributed by atoms with Crippen LogP contribution in [0.4, 0.5) is 33.3 Å². The monoisotopic (exact) mass is 529 g/mol. The van der Waals surface area contributed by atoms with Crippen LogP contribution >= 0.6 is 0 Å². The number of amides is 1. The van der Waals surface area contributed by atoms with E-state index in [1.807, 2.05) is 56.3 Å². The standard InChI is InChI=1S/C28H24F5N3O2/c1-4-35(5-2)19-12-11-18(21(14-19)38-15-17-9-7-6-8-10-17)13-20-16(3)34-36(28(20)37)27-25(32)23(30)22(29)24(31)26(27)33/h6-14H,4-5,15H2,1-3H3/b20-13-. The molecule has 0 radical (unpaired) electrons. The van der Waals surface area contributed by atoms with Gasteiger partial charge in [-0.05, 0) is 44.5 Å². The summed E-state index contributed by atoms with van der Waals surface area (Å²) in [4.78, 5) is 15.2. The van der Waals surface area contributed by atoms with Gasteiger partial charge in [0.05, 0.1) is 11.3 Å². The number of ether oxygens (including phenoxy) is 1. The Balaban J connectivity index is 1.74. The Hall–Kier alpha value is -4.21. The van der Waals surface area contributed by atoms with Gasteiger partial charge >= 0.3 is 0 Å². The summed E-state index contributed by atoms with van der Waals surface area (Å²) in [5, 5.41) is 3.98. The Morgan fingerprint density at radius 3 is 2.11 bits per heavy atom. The molecule has 3 aromatic carbocycles. The topological polar surface area (TPSA) is 45.1 Å². The van der Waals surface area contributed by atoms with Crippen molar-refractivity contribution in [3.63, 3.8) is 0 Å². The van der Waals surface area contributed by atoms with E-state index in [1.165, 1.54) is 13.0 Å². The van der Waals surface area contributed by atoms with E-state index in [1.54, 1.807) is 6.07 Å². The summed E-state index contributed by atoms with van der Waals surface area (Å²) in [5.41, 5.74) is 0.758. The van der Waals surface area contributed by atoms with Crippen molar-refractivity contribution in [3.8, 4) is 5.75 Å². The smallest absolute Gasteiger partial charge is 0.280 e. The molecule has 0 bridgehead atoms. The Kier molecular flexibility index (Phi) is 7.80. The van der Waals surface area contributed by atoms with E-state index >= 15 is 0 Å². The van der Waals surface area contributed by atoms with Crippen LogP contribution in [-0.4, -0.2) is 24.7 Å². The lowest BCUT2D eigenvalue weighted by molar-refractivity contribution is -0.114. The van der Waals surface area contributed by atoms with Gasteiger partial charge < -0.3 is 9.64 Å². The Morgan fingerprint density at radius 1 is 0.895 bits per heavy atom. The fraction of sp³-hybridized carbons (Fsp3) is 0.214. The number of benzene rings is 3. The van der Waals surface area contributed by atoms with E-state index in [0.29, 0.717) is 11.3 Å². The molecule has 0 aromatic heterocycles. The third-order valence-electron chi connectivity index (χ3n) is 6.12. The zero-order valence-corrected chi connectivity index (χ0v) is 20.9. The molecule has 0 aliphatic carbocycles. The fourth-order valence-electron chi connectivity index (χ4n) is 4.06. The lowest BCUT2D eigenvalue weighted by Crippen LogP contribution is -2.25. The van der Waals surface area contributed by atoms with Crippen LogP contribution in [0, 0.1) is 29.1 Å². The van der Waals surface area contributed by atoms with Gasteiger partial charge in [-0.3, -0.25) is 4.79 Å². The molecule has 38 heavy (non-hydrogen) atoms. The molecule has 0 N–H and O–H groups in total. The van der Waals surface area contributed by atoms with Crippen LogP contribution in [0.25, 0.3) is 6.08 Å². The summed E-state index contributed by atoms with van der Waals surface area (Å²) < 4.78 is 75.9. The van der Waals surface area contributed by atoms with E-state index in [2.05, 4.69) is 10.0 Å². The van der Waals surface area contributed by atoms with E-state index in [0.717, 1.165) is 24.3 Å². The molecule has 1 amide bonds. The summed E-state index contributed by atoms with van der Waals surface area (Å²) >= 11 is 0. The first-order chi connectivity index (χ1) is 18.2. The minimum Gasteiger partial charge on any atom is -0.488 e. The molecule has 1 heterocycles. The predicted molar refractivity (Wildman–Crippen MR) is 136 cm³/mol. The highest BCUT2D eigenvalue weighted by molar-refractivity contribution is 6.32. The molecule has 1 aliphatic heterocycles. The summed E-state index contributed by atoms with van der Waals surface area (Å²) in [6, 6.07) is 14.8. The molecule has 198 valence electrons. The average molecular weight is 530 g/mol. The zero-order chi connectivity index (χ0) is 27.6. The third-order valence-corrected chi connectivity index (χ3v) is 6.12. The number of rotatable bonds is 8. The van der Waals surface area contributed by atoms with Crippen LogP contribution in [0.5, 0.6) is 5.75 Å². The number of halogens is 5. The number of hydrogen-bond acceptors (Lipinski definition) is 4. The maximum atomic E-state index is 14.4. The molecule has 0 spiro atoms. The summed E-state index contributed by atoms with van der Waals surface area (Å²) in [6.45, 7) is 7.14. The van der Waals surface area contributed by atoms with Gasteiger partial charge in [0.1, 0.15) is 18.0 Å². The van der Waals surface area contributed by atoms with E-state index < -0.39 is 40.7 Å². The van der Waals surface area contributed by atoms with Crippen molar-refractivity contribution in [3.05, 3.63) is 94.3 Å². The highest BCUT2D eigenvalue weighted by Crippen LogP contribution is 2.35. The first kappa shape index (κ1) is 26.8. The first-order valence-electron chi connectivity index (χ1n) is 11.9. The van der Waals surface area contributed by atoms with E-state index in [9.17, 15) is 26.7 Å². The van der Waals surface area contributed by atoms with Gasteiger partial charge in [0, 0.05) is 30.4 Å². The highest BCUT2D eigenvalue weighted by Gasteiger charge is 2.37. The first-order valence-corrected chi connectivity index (χ1v) is 11.9. The van der Waals surface area contributed by atoms with Gasteiger partial charge in [-0.2, -0.15) is 10.1 Å². The largest absolute Gasteiger partial charge is 0.488 e. The second-order valence-corrected chi connectivity index (χ2v) is 8.45. The Labute approximate surface area is 216 Å². The maximum Gasteiger partial charge on any atom is 0.280 e. The van der Waals surface area contributed by atoms with Crippen molar-refractivity contribution < 1.29 is 31.5 Å². The van der Waals surface area contributed by atoms with Crippen molar-refractivity contribution in [1.29, 1.82) is 0 Å². The third kappa shape index (κ3) is 4.98. The number of carbonyl (C=O) groups is 1. The van der Waals surface area contributed by atoms with E-state index in [-0.39, 0.29) is 22.9 Å². The number of hydrazone groups is 1. The van der Waals surface area contributed by atoms with Crippen LogP contribution in [-0.2, 0) is 11.4 Å². The van der Waals surface area contributed by atoms with Gasteiger partial charge in [-0.1, -0.05) is 30.3 Å². The van der Waals surface area contributed by atoms with Crippen molar-refractivity contribution >= 4 is 29.1 Å². The second kappa shape index (κ2) is 11.0. The highest BCUT2D eigenvalue weighted by atomic mass is 19.2. The van der Waals surface area contributed by atoms with Crippen molar-refractivity contribution in [2.75, 3.05) is 23.0 Å². The normalized spacial score (nSPS) is 14.3. The molecule has 0 atom stereocenters. The molecule has 4 rings (SSSR count). The van der Waals surface area contributed by atoms with Crippen LogP contribution in [0.15, 0.2) is 59.2 Å². The molecule has 10 heteroatoms. The van der Waals surface area contributed by atoms with Crippen molar-refractivity contribution in [1.82, 2.24) is 0 Å². The number of hydrogen-bond donors (Lipinski definition) is 0. The van der Waals surface area contributed by atoms with Crippen LogP contribution in [0.1, 0.15) is 31.9 Å². The SMILES string of the molecule is CCN(CC)c1ccc(/C=C2\C(=O)N(c3c(F)c(F)c(F)c(F)c3F)N=C2C)c(OCc2ccccc2)c1. The molecule has 5 nitrogen and oxygen atoms in total. The van der Waals surface area contributed by atoms with Crippen molar-refractivity contribution in [2.45, 2.75) is 27.4 Å². The van der Waals surface area contributed by atoms with Gasteiger partial charge in [-0.15, -0.1) is 0 Å². The quantitative estimate of drug-likeness (QED) is 0.143.